The van der Waals surface area contributed by atoms with E-state index in [9.17, 15) is 61.0 Å². The summed E-state index contributed by atoms with van der Waals surface area (Å²) in [4.78, 5) is 28.1. The molecule has 11 N–H and O–H groups in total. The van der Waals surface area contributed by atoms with Gasteiger partial charge in [-0.1, -0.05) is 39.8 Å². The zero-order valence-corrected chi connectivity index (χ0v) is 40.4. The van der Waals surface area contributed by atoms with Gasteiger partial charge in [0, 0.05) is 0 Å². The first-order valence-corrected chi connectivity index (χ1v) is 24.8. The fourth-order valence-electron chi connectivity index (χ4n) is 16.4. The van der Waals surface area contributed by atoms with E-state index in [1.165, 1.54) is 6.92 Å². The van der Waals surface area contributed by atoms with E-state index < -0.39 is 140 Å². The molecule has 5 saturated carbocycles. The normalized spacial score (nSPS) is 55.8. The van der Waals surface area contributed by atoms with Crippen molar-refractivity contribution in [2.45, 2.75) is 211 Å². The largest absolute Gasteiger partial charge is 0.481 e. The standard InChI is InChI=1S/C49H78O19/c1-21(2)23-11-16-49(18-17-46(6)28(48(23,49)8)10-9-26-44(4)14-13-29(51)47(7,42(60)61)27(44)12-15-45(26,46)5)43(62)68-41-36(58)33(55)31(53)25(66-41)20-63-39-37(59)34(56)38(24(19-50)65-39)67-40-35(57)32(54)30(52)22(3)64-40/h22-41,50-59H,1,9-20H2,2-8H3,(H,60,61). The van der Waals surface area contributed by atoms with Crippen molar-refractivity contribution in [3.05, 3.63) is 12.2 Å². The number of hydrogen-bond acceptors (Lipinski definition) is 18. The number of aliphatic carboxylic acids is 1. The van der Waals surface area contributed by atoms with E-state index in [2.05, 4.69) is 34.3 Å². The summed E-state index contributed by atoms with van der Waals surface area (Å²) in [5, 5.41) is 118. The molecule has 26 unspecified atom stereocenters. The number of aliphatic hydroxyl groups is 10. The van der Waals surface area contributed by atoms with Gasteiger partial charge in [-0.05, 0) is 130 Å². The fourth-order valence-corrected chi connectivity index (χ4v) is 16.4. The number of hydrogen-bond donors (Lipinski definition) is 11. The van der Waals surface area contributed by atoms with E-state index >= 15 is 4.79 Å². The Kier molecular flexibility index (Phi) is 14.0. The molecule has 19 heteroatoms. The lowest BCUT2D eigenvalue weighted by molar-refractivity contribution is -0.361. The Hall–Kier alpha value is -1.92. The molecule has 0 amide bonds. The summed E-state index contributed by atoms with van der Waals surface area (Å²) >= 11 is 0. The second-order valence-electron chi connectivity index (χ2n) is 23.3. The Labute approximate surface area is 397 Å². The summed E-state index contributed by atoms with van der Waals surface area (Å²) in [6.07, 6.45) is -18.9. The van der Waals surface area contributed by atoms with Crippen LogP contribution in [0.2, 0.25) is 0 Å². The molecule has 388 valence electrons. The maximum Gasteiger partial charge on any atom is 0.315 e. The van der Waals surface area contributed by atoms with Gasteiger partial charge in [-0.3, -0.25) is 9.59 Å². The van der Waals surface area contributed by atoms with Gasteiger partial charge < -0.3 is 84.6 Å². The topological polar surface area (TPSA) is 312 Å². The molecule has 68 heavy (non-hydrogen) atoms. The number of ether oxygens (including phenoxy) is 6. The molecule has 19 nitrogen and oxygen atoms in total. The van der Waals surface area contributed by atoms with Crippen molar-refractivity contribution >= 4 is 11.9 Å². The van der Waals surface area contributed by atoms with Crippen LogP contribution in [0.1, 0.15) is 113 Å². The predicted octanol–water partition coefficient (Wildman–Crippen LogP) is 0.479. The first-order valence-electron chi connectivity index (χ1n) is 24.8. The number of rotatable bonds is 10. The maximum absolute atomic E-state index is 15.2. The highest BCUT2D eigenvalue weighted by Crippen LogP contribution is 2.80. The highest BCUT2D eigenvalue weighted by Gasteiger charge is 2.77. The second-order valence-corrected chi connectivity index (χ2v) is 23.3. The molecule has 3 aliphatic heterocycles. The van der Waals surface area contributed by atoms with Gasteiger partial charge in [-0.2, -0.15) is 0 Å². The minimum absolute atomic E-state index is 0.0148. The average Bonchev–Trinajstić information content (AvgIpc) is 3.62. The molecule has 3 saturated heterocycles. The number of carboxylic acids is 1. The number of aliphatic hydroxyl groups excluding tert-OH is 10. The van der Waals surface area contributed by atoms with Crippen molar-refractivity contribution in [3.8, 4) is 0 Å². The van der Waals surface area contributed by atoms with E-state index in [1.807, 2.05) is 6.92 Å². The average molecular weight is 971 g/mol. The van der Waals surface area contributed by atoms with Crippen LogP contribution in [0.4, 0.5) is 0 Å². The maximum atomic E-state index is 15.2. The third-order valence-electron chi connectivity index (χ3n) is 20.6. The molecule has 0 aromatic heterocycles. The monoisotopic (exact) mass is 971 g/mol. The summed E-state index contributed by atoms with van der Waals surface area (Å²) in [5.41, 5.74) is -2.87. The molecule has 8 aliphatic rings. The lowest BCUT2D eigenvalue weighted by Gasteiger charge is -2.74. The molecule has 3 heterocycles. The van der Waals surface area contributed by atoms with Crippen LogP contribution in [0.5, 0.6) is 0 Å². The summed E-state index contributed by atoms with van der Waals surface area (Å²) in [6.45, 7) is 17.3. The fraction of sp³-hybridized carbons (Fsp3) is 0.918. The minimum Gasteiger partial charge on any atom is -0.481 e. The summed E-state index contributed by atoms with van der Waals surface area (Å²) < 4.78 is 34.8. The van der Waals surface area contributed by atoms with Gasteiger partial charge in [0.05, 0.1) is 36.3 Å². The first kappa shape index (κ1) is 52.4. The molecule has 26 atom stereocenters. The predicted molar refractivity (Wildman–Crippen MR) is 235 cm³/mol. The third-order valence-corrected chi connectivity index (χ3v) is 20.6. The highest BCUT2D eigenvalue weighted by molar-refractivity contribution is 5.79. The molecular formula is C49H78O19. The van der Waals surface area contributed by atoms with Gasteiger partial charge >= 0.3 is 11.9 Å². The Bertz CT molecular complexity index is 1900. The van der Waals surface area contributed by atoms with E-state index in [-0.39, 0.29) is 39.9 Å². The van der Waals surface area contributed by atoms with Crippen LogP contribution >= 0.6 is 0 Å². The van der Waals surface area contributed by atoms with E-state index in [0.29, 0.717) is 38.5 Å². The quantitative estimate of drug-likeness (QED) is 0.105. The van der Waals surface area contributed by atoms with Crippen molar-refractivity contribution in [2.75, 3.05) is 13.2 Å². The highest BCUT2D eigenvalue weighted by atomic mass is 16.8. The number of carbonyl (C=O) groups excluding carboxylic acids is 1. The van der Waals surface area contributed by atoms with Crippen LogP contribution in [0.25, 0.3) is 0 Å². The lowest BCUT2D eigenvalue weighted by Crippen LogP contribution is -2.70. The van der Waals surface area contributed by atoms with Gasteiger partial charge in [0.1, 0.15) is 67.1 Å². The number of carbonyl (C=O) groups is 2. The Morgan fingerprint density at radius 2 is 1.24 bits per heavy atom. The van der Waals surface area contributed by atoms with Crippen molar-refractivity contribution in [1.82, 2.24) is 0 Å². The molecule has 5 aliphatic carbocycles. The Morgan fingerprint density at radius 1 is 0.632 bits per heavy atom. The smallest absolute Gasteiger partial charge is 0.315 e. The van der Waals surface area contributed by atoms with Crippen molar-refractivity contribution in [2.24, 2.45) is 56.2 Å². The van der Waals surface area contributed by atoms with E-state index in [4.69, 9.17) is 28.4 Å². The summed E-state index contributed by atoms with van der Waals surface area (Å²) in [6, 6.07) is 0. The molecular weight excluding hydrogens is 893 g/mol. The zero-order chi connectivity index (χ0) is 50.0. The van der Waals surface area contributed by atoms with Crippen molar-refractivity contribution in [1.29, 1.82) is 0 Å². The third kappa shape index (κ3) is 7.44. The van der Waals surface area contributed by atoms with Gasteiger partial charge in [0.2, 0.25) is 6.29 Å². The van der Waals surface area contributed by atoms with Crippen molar-refractivity contribution in [3.63, 3.8) is 0 Å². The van der Waals surface area contributed by atoms with Crippen LogP contribution in [-0.4, -0.2) is 180 Å². The van der Waals surface area contributed by atoms with E-state index in [0.717, 1.165) is 31.3 Å². The van der Waals surface area contributed by atoms with Crippen molar-refractivity contribution < 1.29 is 94.2 Å². The molecule has 0 bridgehead atoms. The van der Waals surface area contributed by atoms with Gasteiger partial charge in [-0.25, -0.2) is 0 Å². The molecule has 8 fully saturated rings. The van der Waals surface area contributed by atoms with Gasteiger partial charge in [0.25, 0.3) is 0 Å². The molecule has 0 spiro atoms. The molecule has 8 rings (SSSR count). The first-order chi connectivity index (χ1) is 31.7. The summed E-state index contributed by atoms with van der Waals surface area (Å²) in [5.74, 6) is -1.63. The van der Waals surface area contributed by atoms with Crippen LogP contribution in [0.15, 0.2) is 12.2 Å². The Balaban J connectivity index is 0.987. The number of esters is 1. The molecule has 0 radical (unpaired) electrons. The molecule has 0 aromatic rings. The number of allylic oxidation sites excluding steroid dienone is 1. The Morgan fingerprint density at radius 3 is 1.88 bits per heavy atom. The zero-order valence-electron chi connectivity index (χ0n) is 40.4. The molecule has 0 aromatic carbocycles. The number of fused-ring (bicyclic) bond motifs is 7. The lowest BCUT2D eigenvalue weighted by atomic mass is 9.30. The van der Waals surface area contributed by atoms with Crippen LogP contribution in [-0.2, 0) is 38.0 Å². The van der Waals surface area contributed by atoms with Crippen LogP contribution < -0.4 is 0 Å². The van der Waals surface area contributed by atoms with E-state index in [1.54, 1.807) is 6.92 Å². The second kappa shape index (κ2) is 18.2. The SMILES string of the molecule is C=C(C)C1CCC2(C(=O)OC3OC(COC4OC(CO)C(OC5OC(C)C(O)C(O)C5O)C(O)C4O)C(O)C(O)C3O)CCC3(C)C(CCC4C5(C)CCC(O)C(C)(C(=O)O)C5CCC43C)C12C. The van der Waals surface area contributed by atoms with Gasteiger partial charge in [0.15, 0.2) is 12.6 Å². The van der Waals surface area contributed by atoms with Gasteiger partial charge in [-0.15, -0.1) is 0 Å². The van der Waals surface area contributed by atoms with Crippen LogP contribution in [0.3, 0.4) is 0 Å². The summed E-state index contributed by atoms with van der Waals surface area (Å²) in [7, 11) is 0. The van der Waals surface area contributed by atoms with Crippen LogP contribution in [0, 0.1) is 56.2 Å². The number of carboxylic acid groups (broad SMARTS) is 1. The minimum atomic E-state index is -1.88.